The summed E-state index contributed by atoms with van der Waals surface area (Å²) in [6, 6.07) is 6.83. The number of rotatable bonds is 9. The minimum Gasteiger partial charge on any atom is -0.494 e. The first-order chi connectivity index (χ1) is 9.51. The molecule has 1 rings (SSSR count). The molecule has 0 fully saturated rings. The summed E-state index contributed by atoms with van der Waals surface area (Å²) in [7, 11) is 0. The molecule has 1 aromatic carbocycles. The van der Waals surface area contributed by atoms with Crippen LogP contribution in [0.5, 0.6) is 5.75 Å². The van der Waals surface area contributed by atoms with E-state index in [1.165, 1.54) is 0 Å². The van der Waals surface area contributed by atoms with E-state index in [9.17, 15) is 13.9 Å². The van der Waals surface area contributed by atoms with Crippen molar-refractivity contribution in [2.75, 3.05) is 6.61 Å². The van der Waals surface area contributed by atoms with Gasteiger partial charge >= 0.3 is 0 Å². The van der Waals surface area contributed by atoms with Gasteiger partial charge in [-0.25, -0.2) is 8.78 Å². The largest absolute Gasteiger partial charge is 0.494 e. The highest BCUT2D eigenvalue weighted by molar-refractivity contribution is 5.31. The second-order valence-corrected chi connectivity index (χ2v) is 5.10. The fourth-order valence-corrected chi connectivity index (χ4v) is 2.23. The van der Waals surface area contributed by atoms with Crippen LogP contribution in [0.3, 0.4) is 0 Å². The Morgan fingerprint density at radius 2 is 1.80 bits per heavy atom. The Morgan fingerprint density at radius 1 is 1.15 bits per heavy atom. The third-order valence-electron chi connectivity index (χ3n) is 3.31. The zero-order valence-electron chi connectivity index (χ0n) is 12.2. The van der Waals surface area contributed by atoms with Gasteiger partial charge in [0.15, 0.2) is 0 Å². The van der Waals surface area contributed by atoms with Gasteiger partial charge in [0.2, 0.25) is 6.43 Å². The van der Waals surface area contributed by atoms with Gasteiger partial charge in [0.1, 0.15) is 5.75 Å². The van der Waals surface area contributed by atoms with Crippen molar-refractivity contribution in [3.8, 4) is 5.75 Å². The average molecular weight is 286 g/mol. The zero-order valence-corrected chi connectivity index (χ0v) is 12.2. The highest BCUT2D eigenvalue weighted by Gasteiger charge is 2.31. The molecule has 0 aliphatic rings. The molecule has 1 N–H and O–H groups in total. The normalized spacial score (nSPS) is 14.3. The molecule has 2 nitrogen and oxygen atoms in total. The molecule has 4 heteroatoms. The maximum atomic E-state index is 12.6. The van der Waals surface area contributed by atoms with E-state index in [0.717, 1.165) is 12.8 Å². The number of hydrogen-bond acceptors (Lipinski definition) is 2. The van der Waals surface area contributed by atoms with Gasteiger partial charge in [-0.3, -0.25) is 0 Å². The summed E-state index contributed by atoms with van der Waals surface area (Å²) in [5.74, 6) is 0.707. The lowest BCUT2D eigenvalue weighted by Crippen LogP contribution is -2.28. The monoisotopic (exact) mass is 286 g/mol. The van der Waals surface area contributed by atoms with Gasteiger partial charge < -0.3 is 9.84 Å². The molecule has 0 bridgehead atoms. The molecule has 20 heavy (non-hydrogen) atoms. The number of alkyl halides is 2. The Balaban J connectivity index is 2.77. The molecule has 114 valence electrons. The summed E-state index contributed by atoms with van der Waals surface area (Å²) in [5.41, 5.74) is -0.923. The SMILES string of the molecule is CCCCOc1ccc(C(O)(CCC)CC(F)F)cc1. The molecule has 1 atom stereocenters. The van der Waals surface area contributed by atoms with E-state index in [2.05, 4.69) is 6.92 Å². The van der Waals surface area contributed by atoms with Crippen molar-refractivity contribution >= 4 is 0 Å². The molecule has 0 aliphatic heterocycles. The molecule has 0 aromatic heterocycles. The van der Waals surface area contributed by atoms with E-state index in [1.54, 1.807) is 24.3 Å². The third kappa shape index (κ3) is 5.08. The number of hydrogen-bond donors (Lipinski definition) is 1. The lowest BCUT2D eigenvalue weighted by molar-refractivity contribution is -0.0334. The fraction of sp³-hybridized carbons (Fsp3) is 0.625. The molecule has 0 saturated heterocycles. The summed E-state index contributed by atoms with van der Waals surface area (Å²) in [4.78, 5) is 0. The maximum Gasteiger partial charge on any atom is 0.241 e. The van der Waals surface area contributed by atoms with Crippen LogP contribution < -0.4 is 4.74 Å². The lowest BCUT2D eigenvalue weighted by Gasteiger charge is -2.28. The van der Waals surface area contributed by atoms with Crippen LogP contribution in [0, 0.1) is 0 Å². The van der Waals surface area contributed by atoms with Gasteiger partial charge in [-0.2, -0.15) is 0 Å². The third-order valence-corrected chi connectivity index (χ3v) is 3.31. The number of halogens is 2. The minimum absolute atomic E-state index is 0.327. The van der Waals surface area contributed by atoms with E-state index in [0.29, 0.717) is 30.8 Å². The predicted octanol–water partition coefficient (Wildman–Crippen LogP) is 4.51. The number of benzene rings is 1. The maximum absolute atomic E-state index is 12.6. The quantitative estimate of drug-likeness (QED) is 0.677. The summed E-state index contributed by atoms with van der Waals surface area (Å²) in [6.45, 7) is 4.60. The first-order valence-corrected chi connectivity index (χ1v) is 7.25. The Morgan fingerprint density at radius 3 is 2.30 bits per heavy atom. The Labute approximate surface area is 119 Å². The highest BCUT2D eigenvalue weighted by Crippen LogP contribution is 2.33. The van der Waals surface area contributed by atoms with Crippen molar-refractivity contribution < 1.29 is 18.6 Å². The topological polar surface area (TPSA) is 29.5 Å². The second-order valence-electron chi connectivity index (χ2n) is 5.10. The lowest BCUT2D eigenvalue weighted by atomic mass is 9.86. The second kappa shape index (κ2) is 8.20. The van der Waals surface area contributed by atoms with Gasteiger partial charge in [-0.05, 0) is 30.5 Å². The van der Waals surface area contributed by atoms with Crippen molar-refractivity contribution in [1.82, 2.24) is 0 Å². The highest BCUT2D eigenvalue weighted by atomic mass is 19.3. The first kappa shape index (κ1) is 16.9. The summed E-state index contributed by atoms with van der Waals surface area (Å²) < 4.78 is 30.8. The van der Waals surface area contributed by atoms with E-state index >= 15 is 0 Å². The first-order valence-electron chi connectivity index (χ1n) is 7.25. The molecule has 0 spiro atoms. The van der Waals surface area contributed by atoms with Crippen molar-refractivity contribution in [3.63, 3.8) is 0 Å². The molecular weight excluding hydrogens is 262 g/mol. The van der Waals surface area contributed by atoms with Gasteiger partial charge in [0, 0.05) is 6.42 Å². The Bertz CT molecular complexity index is 379. The fourth-order valence-electron chi connectivity index (χ4n) is 2.23. The molecule has 0 heterocycles. The van der Waals surface area contributed by atoms with Crippen molar-refractivity contribution in [1.29, 1.82) is 0 Å². The molecule has 0 amide bonds. The van der Waals surface area contributed by atoms with Crippen molar-refractivity contribution in [2.45, 2.75) is 58.0 Å². The minimum atomic E-state index is -2.52. The molecule has 0 aliphatic carbocycles. The molecule has 1 aromatic rings. The van der Waals surface area contributed by atoms with Crippen molar-refractivity contribution in [3.05, 3.63) is 29.8 Å². The van der Waals surface area contributed by atoms with Crippen LogP contribution in [-0.4, -0.2) is 18.1 Å². The predicted molar refractivity (Wildman–Crippen MR) is 76.3 cm³/mol. The van der Waals surface area contributed by atoms with Crippen LogP contribution in [0.2, 0.25) is 0 Å². The standard InChI is InChI=1S/C16H24F2O2/c1-3-5-11-20-14-8-6-13(7-9-14)16(19,10-4-2)12-15(17)18/h6-9,15,19H,3-5,10-12H2,1-2H3. The van der Waals surface area contributed by atoms with Crippen molar-refractivity contribution in [2.24, 2.45) is 0 Å². The Kier molecular flexibility index (Phi) is 6.93. The van der Waals surface area contributed by atoms with Crippen LogP contribution >= 0.6 is 0 Å². The van der Waals surface area contributed by atoms with Crippen LogP contribution in [0.15, 0.2) is 24.3 Å². The summed E-state index contributed by atoms with van der Waals surface area (Å²) >= 11 is 0. The Hall–Kier alpha value is -1.16. The van der Waals surface area contributed by atoms with E-state index < -0.39 is 18.4 Å². The van der Waals surface area contributed by atoms with Crippen LogP contribution in [0.25, 0.3) is 0 Å². The number of ether oxygens (including phenoxy) is 1. The van der Waals surface area contributed by atoms with Gasteiger partial charge in [0.05, 0.1) is 12.2 Å². The summed E-state index contributed by atoms with van der Waals surface area (Å²) in [6.07, 6.45) is -0.0373. The molecular formula is C16H24F2O2. The van der Waals surface area contributed by atoms with Crippen LogP contribution in [-0.2, 0) is 5.60 Å². The molecule has 0 saturated carbocycles. The number of aliphatic hydroxyl groups is 1. The molecule has 1 unspecified atom stereocenters. The smallest absolute Gasteiger partial charge is 0.241 e. The van der Waals surface area contributed by atoms with E-state index in [4.69, 9.17) is 4.74 Å². The number of unbranched alkanes of at least 4 members (excludes halogenated alkanes) is 1. The average Bonchev–Trinajstić information content (AvgIpc) is 2.39. The van der Waals surface area contributed by atoms with Crippen LogP contribution in [0.1, 0.15) is 51.5 Å². The van der Waals surface area contributed by atoms with E-state index in [1.807, 2.05) is 6.92 Å². The summed E-state index contributed by atoms with van der Waals surface area (Å²) in [5, 5.41) is 10.4. The van der Waals surface area contributed by atoms with Gasteiger partial charge in [0.25, 0.3) is 0 Å². The zero-order chi connectivity index (χ0) is 15.0. The van der Waals surface area contributed by atoms with Crippen LogP contribution in [0.4, 0.5) is 8.78 Å². The van der Waals surface area contributed by atoms with Gasteiger partial charge in [-0.1, -0.05) is 38.8 Å². The van der Waals surface area contributed by atoms with Gasteiger partial charge in [-0.15, -0.1) is 0 Å². The van der Waals surface area contributed by atoms with E-state index in [-0.39, 0.29) is 0 Å². The molecule has 0 radical (unpaired) electrons.